The molecule has 1 heterocycles. The summed E-state index contributed by atoms with van der Waals surface area (Å²) in [5.41, 5.74) is 0.702. The average Bonchev–Trinajstić information content (AvgIpc) is 2.35. The van der Waals surface area contributed by atoms with E-state index in [1.165, 1.54) is 6.20 Å². The number of aromatic nitrogens is 1. The van der Waals surface area contributed by atoms with E-state index in [2.05, 4.69) is 22.1 Å². The van der Waals surface area contributed by atoms with Crippen LogP contribution in [0, 0.1) is 18.8 Å². The van der Waals surface area contributed by atoms with Gasteiger partial charge >= 0.3 is 12.1 Å². The Balaban J connectivity index is 2.47. The van der Waals surface area contributed by atoms with Gasteiger partial charge in [0.2, 0.25) is 0 Å². The topological polar surface area (TPSA) is 88.5 Å². The number of aromatic carboxylic acids is 1. The lowest BCUT2D eigenvalue weighted by Crippen LogP contribution is -2.32. The number of ether oxygens (including phenoxy) is 1. The van der Waals surface area contributed by atoms with Crippen molar-refractivity contribution in [3.63, 3.8) is 0 Å². The largest absolute Gasteiger partial charge is 0.477 e. The summed E-state index contributed by atoms with van der Waals surface area (Å²) < 4.78 is 5.09. The summed E-state index contributed by atoms with van der Waals surface area (Å²) in [6.07, 6.45) is 1.40. The fourth-order valence-electron chi connectivity index (χ4n) is 1.57. The quantitative estimate of drug-likeness (QED) is 0.661. The minimum Gasteiger partial charge on any atom is -0.477 e. The number of carboxylic acid groups (broad SMARTS) is 1. The zero-order chi connectivity index (χ0) is 16.8. The molecule has 0 bridgehead atoms. The van der Waals surface area contributed by atoms with Crippen LogP contribution < -0.4 is 5.32 Å². The van der Waals surface area contributed by atoms with Crippen molar-refractivity contribution in [2.24, 2.45) is 0 Å². The summed E-state index contributed by atoms with van der Waals surface area (Å²) in [6, 6.07) is 1.67. The third kappa shape index (κ3) is 6.27. The first-order chi connectivity index (χ1) is 10.2. The van der Waals surface area contributed by atoms with Crippen LogP contribution in [0.3, 0.4) is 0 Å². The molecule has 0 aliphatic carbocycles. The monoisotopic (exact) mass is 304 g/mol. The highest BCUT2D eigenvalue weighted by Gasteiger charge is 2.15. The number of rotatable bonds is 3. The summed E-state index contributed by atoms with van der Waals surface area (Å²) >= 11 is 0. The molecule has 0 aromatic carbocycles. The van der Waals surface area contributed by atoms with Crippen LogP contribution in [0.4, 0.5) is 4.79 Å². The van der Waals surface area contributed by atoms with Gasteiger partial charge in [0, 0.05) is 24.7 Å². The molecule has 0 saturated heterocycles. The number of hydrogen-bond donors (Lipinski definition) is 2. The molecule has 22 heavy (non-hydrogen) atoms. The summed E-state index contributed by atoms with van der Waals surface area (Å²) in [6.45, 7) is 7.43. The first-order valence-electron chi connectivity index (χ1n) is 6.85. The zero-order valence-corrected chi connectivity index (χ0v) is 13.2. The molecule has 1 aromatic rings. The molecular weight excluding hydrogens is 284 g/mol. The molecule has 6 heteroatoms. The van der Waals surface area contributed by atoms with E-state index < -0.39 is 17.7 Å². The second-order valence-electron chi connectivity index (χ2n) is 5.68. The maximum absolute atomic E-state index is 11.4. The van der Waals surface area contributed by atoms with Crippen LogP contribution in [0.1, 0.15) is 48.8 Å². The summed E-state index contributed by atoms with van der Waals surface area (Å²) in [4.78, 5) is 26.1. The van der Waals surface area contributed by atoms with E-state index in [9.17, 15) is 9.59 Å². The normalized spacial score (nSPS) is 10.4. The Morgan fingerprint density at radius 2 is 2.09 bits per heavy atom. The molecule has 1 rings (SSSR count). The van der Waals surface area contributed by atoms with Crippen LogP contribution in [0.5, 0.6) is 0 Å². The molecule has 0 atom stereocenters. The Labute approximate surface area is 129 Å². The molecule has 0 fully saturated rings. The van der Waals surface area contributed by atoms with Crippen LogP contribution in [0.25, 0.3) is 0 Å². The highest BCUT2D eigenvalue weighted by Crippen LogP contribution is 2.07. The van der Waals surface area contributed by atoms with Gasteiger partial charge in [-0.2, -0.15) is 0 Å². The van der Waals surface area contributed by atoms with Crippen molar-refractivity contribution in [1.82, 2.24) is 10.3 Å². The summed E-state index contributed by atoms with van der Waals surface area (Å²) in [7, 11) is 0. The molecule has 0 aliphatic rings. The Kier molecular flexibility index (Phi) is 5.93. The van der Waals surface area contributed by atoms with E-state index >= 15 is 0 Å². The van der Waals surface area contributed by atoms with E-state index in [0.717, 1.165) is 0 Å². The molecule has 118 valence electrons. The number of nitrogens with zero attached hydrogens (tertiary/aromatic N) is 1. The summed E-state index contributed by atoms with van der Waals surface area (Å²) in [5, 5.41) is 11.5. The second-order valence-corrected chi connectivity index (χ2v) is 5.68. The Hall–Kier alpha value is -2.55. The maximum atomic E-state index is 11.4. The van der Waals surface area contributed by atoms with Gasteiger partial charge in [0.1, 0.15) is 5.60 Å². The molecule has 0 aliphatic heterocycles. The molecule has 1 aromatic heterocycles. The third-order valence-electron chi connectivity index (χ3n) is 2.43. The van der Waals surface area contributed by atoms with Gasteiger partial charge in [0.25, 0.3) is 0 Å². The predicted molar refractivity (Wildman–Crippen MR) is 81.7 cm³/mol. The minimum absolute atomic E-state index is 0.0251. The number of carbonyl (C=O) groups is 2. The van der Waals surface area contributed by atoms with Gasteiger partial charge in [0.05, 0.1) is 0 Å². The van der Waals surface area contributed by atoms with Crippen molar-refractivity contribution in [1.29, 1.82) is 0 Å². The van der Waals surface area contributed by atoms with Crippen LogP contribution in [0.15, 0.2) is 12.3 Å². The van der Waals surface area contributed by atoms with Gasteiger partial charge in [-0.1, -0.05) is 11.8 Å². The molecule has 0 saturated carbocycles. The zero-order valence-electron chi connectivity index (χ0n) is 13.2. The van der Waals surface area contributed by atoms with Crippen molar-refractivity contribution >= 4 is 12.1 Å². The van der Waals surface area contributed by atoms with Crippen LogP contribution >= 0.6 is 0 Å². The Morgan fingerprint density at radius 3 is 2.64 bits per heavy atom. The lowest BCUT2D eigenvalue weighted by atomic mass is 10.1. The van der Waals surface area contributed by atoms with Crippen molar-refractivity contribution in [3.8, 4) is 11.8 Å². The molecule has 0 unspecified atom stereocenters. The fourth-order valence-corrected chi connectivity index (χ4v) is 1.57. The first kappa shape index (κ1) is 17.5. The van der Waals surface area contributed by atoms with Crippen molar-refractivity contribution in [2.45, 2.75) is 39.7 Å². The van der Waals surface area contributed by atoms with E-state index in [1.54, 1.807) is 33.8 Å². The van der Waals surface area contributed by atoms with Gasteiger partial charge in [-0.3, -0.25) is 0 Å². The van der Waals surface area contributed by atoms with Crippen molar-refractivity contribution < 1.29 is 19.4 Å². The first-order valence-corrected chi connectivity index (χ1v) is 6.85. The maximum Gasteiger partial charge on any atom is 0.407 e. The van der Waals surface area contributed by atoms with E-state index in [1.807, 2.05) is 0 Å². The van der Waals surface area contributed by atoms with Crippen molar-refractivity contribution in [2.75, 3.05) is 6.54 Å². The SMILES string of the molecule is Cc1cc(C#CCCNC(=O)OC(C)(C)C)cnc1C(=O)O. The molecule has 0 radical (unpaired) electrons. The standard InChI is InChI=1S/C16H20N2O4/c1-11-9-12(10-18-13(11)14(19)20)7-5-6-8-17-15(21)22-16(2,3)4/h9-10H,6,8H2,1-4H3,(H,17,21)(H,19,20). The number of aryl methyl sites for hydroxylation is 1. The molecule has 1 amide bonds. The Morgan fingerprint density at radius 1 is 1.41 bits per heavy atom. The molecule has 6 nitrogen and oxygen atoms in total. The summed E-state index contributed by atoms with van der Waals surface area (Å²) in [5.74, 6) is 4.71. The third-order valence-corrected chi connectivity index (χ3v) is 2.43. The molecular formula is C16H20N2O4. The minimum atomic E-state index is -1.06. The highest BCUT2D eigenvalue weighted by atomic mass is 16.6. The van der Waals surface area contributed by atoms with Gasteiger partial charge < -0.3 is 15.2 Å². The second kappa shape index (κ2) is 7.46. The number of hydrogen-bond acceptors (Lipinski definition) is 4. The van der Waals surface area contributed by atoms with Crippen molar-refractivity contribution in [3.05, 3.63) is 29.1 Å². The van der Waals surface area contributed by atoms with E-state index in [4.69, 9.17) is 9.84 Å². The fraction of sp³-hybridized carbons (Fsp3) is 0.438. The predicted octanol–water partition coefficient (Wildman–Crippen LogP) is 2.35. The van der Waals surface area contributed by atoms with Crippen LogP contribution in [0.2, 0.25) is 0 Å². The number of carboxylic acids is 1. The number of amides is 1. The van der Waals surface area contributed by atoms with E-state index in [0.29, 0.717) is 24.1 Å². The van der Waals surface area contributed by atoms with E-state index in [-0.39, 0.29) is 5.69 Å². The van der Waals surface area contributed by atoms with Gasteiger partial charge in [-0.05, 0) is 39.3 Å². The Bertz CT molecular complexity index is 621. The lowest BCUT2D eigenvalue weighted by molar-refractivity contribution is 0.0528. The van der Waals surface area contributed by atoms with Gasteiger partial charge in [-0.25, -0.2) is 14.6 Å². The van der Waals surface area contributed by atoms with Crippen LogP contribution in [-0.2, 0) is 4.74 Å². The molecule has 0 spiro atoms. The lowest BCUT2D eigenvalue weighted by Gasteiger charge is -2.19. The highest BCUT2D eigenvalue weighted by molar-refractivity contribution is 5.87. The number of carbonyl (C=O) groups excluding carboxylic acids is 1. The smallest absolute Gasteiger partial charge is 0.407 e. The van der Waals surface area contributed by atoms with Gasteiger partial charge in [-0.15, -0.1) is 0 Å². The molecule has 2 N–H and O–H groups in total. The number of nitrogens with one attached hydrogen (secondary N) is 1. The van der Waals surface area contributed by atoms with Crippen LogP contribution in [-0.4, -0.2) is 34.3 Å². The number of pyridine rings is 1. The average molecular weight is 304 g/mol. The van der Waals surface area contributed by atoms with Gasteiger partial charge in [0.15, 0.2) is 5.69 Å². The number of alkyl carbamates (subject to hydrolysis) is 1.